The number of benzene rings is 2. The first-order valence-electron chi connectivity index (χ1n) is 6.71. The van der Waals surface area contributed by atoms with Gasteiger partial charge < -0.3 is 10.1 Å². The van der Waals surface area contributed by atoms with Gasteiger partial charge in [-0.1, -0.05) is 16.6 Å². The third kappa shape index (κ3) is 3.35. The molecule has 0 aliphatic carbocycles. The SMILES string of the molecule is COc1cccc(-c2nnsc2C(=O)Nc2ccc(F)cc2)c1. The molecule has 1 heterocycles. The van der Waals surface area contributed by atoms with Gasteiger partial charge in [-0.2, -0.15) is 0 Å². The van der Waals surface area contributed by atoms with E-state index in [1.54, 1.807) is 13.2 Å². The molecule has 2 aromatic carbocycles. The number of methoxy groups -OCH3 is 1. The van der Waals surface area contributed by atoms with Gasteiger partial charge in [0.2, 0.25) is 0 Å². The Labute approximate surface area is 135 Å². The van der Waals surface area contributed by atoms with Crippen molar-refractivity contribution < 1.29 is 13.9 Å². The fourth-order valence-electron chi connectivity index (χ4n) is 2.02. The predicted octanol–water partition coefficient (Wildman–Crippen LogP) is 3.61. The standard InChI is InChI=1S/C16H12FN3O2S/c1-22-13-4-2-3-10(9-13)14-15(23-20-19-14)16(21)18-12-7-5-11(17)6-8-12/h2-9H,1H3,(H,18,21). The van der Waals surface area contributed by atoms with E-state index in [9.17, 15) is 9.18 Å². The van der Waals surface area contributed by atoms with Crippen LogP contribution in [0.1, 0.15) is 9.67 Å². The van der Waals surface area contributed by atoms with Crippen LogP contribution in [-0.4, -0.2) is 22.6 Å². The van der Waals surface area contributed by atoms with Gasteiger partial charge in [0.05, 0.1) is 7.11 Å². The molecule has 0 spiro atoms. The summed E-state index contributed by atoms with van der Waals surface area (Å²) in [6.07, 6.45) is 0. The van der Waals surface area contributed by atoms with Crippen molar-refractivity contribution in [1.29, 1.82) is 0 Å². The van der Waals surface area contributed by atoms with E-state index < -0.39 is 0 Å². The molecule has 5 nitrogen and oxygen atoms in total. The molecule has 0 atom stereocenters. The van der Waals surface area contributed by atoms with E-state index in [1.807, 2.05) is 18.2 Å². The molecule has 3 rings (SSSR count). The van der Waals surface area contributed by atoms with Crippen molar-refractivity contribution in [2.45, 2.75) is 0 Å². The summed E-state index contributed by atoms with van der Waals surface area (Å²) >= 11 is 1.00. The minimum atomic E-state index is -0.362. The number of carbonyl (C=O) groups is 1. The van der Waals surface area contributed by atoms with Crippen LogP contribution >= 0.6 is 11.5 Å². The molecule has 0 aliphatic heterocycles. The highest BCUT2D eigenvalue weighted by Gasteiger charge is 2.18. The second-order valence-electron chi connectivity index (χ2n) is 4.64. The molecule has 1 N–H and O–H groups in total. The number of nitrogens with one attached hydrogen (secondary N) is 1. The van der Waals surface area contributed by atoms with Crippen molar-refractivity contribution in [1.82, 2.24) is 9.59 Å². The maximum absolute atomic E-state index is 12.9. The number of amides is 1. The van der Waals surface area contributed by atoms with E-state index in [4.69, 9.17) is 4.74 Å². The zero-order chi connectivity index (χ0) is 16.2. The minimum Gasteiger partial charge on any atom is -0.497 e. The van der Waals surface area contributed by atoms with Gasteiger partial charge >= 0.3 is 0 Å². The van der Waals surface area contributed by atoms with E-state index >= 15 is 0 Å². The van der Waals surface area contributed by atoms with Gasteiger partial charge in [-0.05, 0) is 47.9 Å². The Bertz CT molecular complexity index is 833. The van der Waals surface area contributed by atoms with Crippen LogP contribution in [0.5, 0.6) is 5.75 Å². The molecule has 0 saturated heterocycles. The summed E-state index contributed by atoms with van der Waals surface area (Å²) in [7, 11) is 1.57. The van der Waals surface area contributed by atoms with Crippen LogP contribution in [0.25, 0.3) is 11.3 Å². The van der Waals surface area contributed by atoms with Crippen LogP contribution in [-0.2, 0) is 0 Å². The molecule has 0 radical (unpaired) electrons. The first-order valence-corrected chi connectivity index (χ1v) is 7.48. The van der Waals surface area contributed by atoms with Crippen molar-refractivity contribution in [2.24, 2.45) is 0 Å². The Morgan fingerprint density at radius 1 is 1.22 bits per heavy atom. The topological polar surface area (TPSA) is 64.1 Å². The largest absolute Gasteiger partial charge is 0.497 e. The zero-order valence-electron chi connectivity index (χ0n) is 12.1. The molecule has 0 unspecified atom stereocenters. The lowest BCUT2D eigenvalue weighted by Gasteiger charge is -2.06. The number of carbonyl (C=O) groups excluding carboxylic acids is 1. The van der Waals surface area contributed by atoms with Gasteiger partial charge in [-0.15, -0.1) is 5.10 Å². The number of rotatable bonds is 4. The number of ether oxygens (including phenoxy) is 1. The lowest BCUT2D eigenvalue weighted by Crippen LogP contribution is -2.11. The summed E-state index contributed by atoms with van der Waals surface area (Å²) < 4.78 is 22.0. The summed E-state index contributed by atoms with van der Waals surface area (Å²) in [4.78, 5) is 12.8. The van der Waals surface area contributed by atoms with Crippen LogP contribution in [0.15, 0.2) is 48.5 Å². The maximum Gasteiger partial charge on any atom is 0.269 e. The Balaban J connectivity index is 1.87. The van der Waals surface area contributed by atoms with Gasteiger partial charge in [0, 0.05) is 11.3 Å². The molecule has 0 bridgehead atoms. The van der Waals surface area contributed by atoms with Gasteiger partial charge in [0.25, 0.3) is 5.91 Å². The molecule has 0 fully saturated rings. The van der Waals surface area contributed by atoms with Crippen molar-refractivity contribution >= 4 is 23.1 Å². The van der Waals surface area contributed by atoms with Crippen LogP contribution in [0.4, 0.5) is 10.1 Å². The van der Waals surface area contributed by atoms with E-state index in [0.29, 0.717) is 22.0 Å². The second kappa shape index (κ2) is 6.53. The average molecular weight is 329 g/mol. The lowest BCUT2D eigenvalue weighted by molar-refractivity contribution is 0.103. The normalized spacial score (nSPS) is 10.3. The Hall–Kier alpha value is -2.80. The maximum atomic E-state index is 12.9. The number of anilines is 1. The van der Waals surface area contributed by atoms with Gasteiger partial charge in [0.15, 0.2) is 0 Å². The second-order valence-corrected chi connectivity index (χ2v) is 5.40. The third-order valence-electron chi connectivity index (χ3n) is 3.14. The van der Waals surface area contributed by atoms with E-state index in [1.165, 1.54) is 24.3 Å². The first-order chi connectivity index (χ1) is 11.2. The molecular formula is C16H12FN3O2S. The van der Waals surface area contributed by atoms with Crippen molar-refractivity contribution in [2.75, 3.05) is 12.4 Å². The molecule has 0 saturated carbocycles. The quantitative estimate of drug-likeness (QED) is 0.794. The Morgan fingerprint density at radius 3 is 2.74 bits per heavy atom. The van der Waals surface area contributed by atoms with Crippen LogP contribution in [0.3, 0.4) is 0 Å². The van der Waals surface area contributed by atoms with Crippen LogP contribution in [0.2, 0.25) is 0 Å². The third-order valence-corrected chi connectivity index (χ3v) is 3.86. The average Bonchev–Trinajstić information content (AvgIpc) is 3.07. The molecule has 1 aromatic heterocycles. The summed E-state index contributed by atoms with van der Waals surface area (Å²) in [6.45, 7) is 0. The molecule has 1 amide bonds. The highest BCUT2D eigenvalue weighted by molar-refractivity contribution is 7.08. The molecule has 3 aromatic rings. The van der Waals surface area contributed by atoms with Crippen LogP contribution in [0, 0.1) is 5.82 Å². The molecule has 7 heteroatoms. The summed E-state index contributed by atoms with van der Waals surface area (Å²) in [5.74, 6) is -0.0376. The van der Waals surface area contributed by atoms with Gasteiger partial charge in [-0.3, -0.25) is 4.79 Å². The van der Waals surface area contributed by atoms with Crippen molar-refractivity contribution in [3.63, 3.8) is 0 Å². The number of hydrogen-bond donors (Lipinski definition) is 1. The molecule has 116 valence electrons. The van der Waals surface area contributed by atoms with E-state index in [0.717, 1.165) is 17.1 Å². The summed E-state index contributed by atoms with van der Waals surface area (Å²) in [5.41, 5.74) is 1.72. The number of halogens is 1. The fourth-order valence-corrected chi connectivity index (χ4v) is 2.60. The minimum absolute atomic E-state index is 0.343. The highest BCUT2D eigenvalue weighted by atomic mass is 32.1. The summed E-state index contributed by atoms with van der Waals surface area (Å²) in [6, 6.07) is 12.8. The van der Waals surface area contributed by atoms with Crippen LogP contribution < -0.4 is 10.1 Å². The molecular weight excluding hydrogens is 317 g/mol. The number of nitrogens with zero attached hydrogens (tertiary/aromatic N) is 2. The Morgan fingerprint density at radius 2 is 2.00 bits per heavy atom. The predicted molar refractivity (Wildman–Crippen MR) is 86.3 cm³/mol. The van der Waals surface area contributed by atoms with E-state index in [-0.39, 0.29) is 11.7 Å². The highest BCUT2D eigenvalue weighted by Crippen LogP contribution is 2.27. The molecule has 0 aliphatic rings. The monoisotopic (exact) mass is 329 g/mol. The fraction of sp³-hybridized carbons (Fsp3) is 0.0625. The van der Waals surface area contributed by atoms with Crippen molar-refractivity contribution in [3.8, 4) is 17.0 Å². The Kier molecular flexibility index (Phi) is 4.29. The van der Waals surface area contributed by atoms with Gasteiger partial charge in [-0.25, -0.2) is 4.39 Å². The summed E-state index contributed by atoms with van der Waals surface area (Å²) in [5, 5.41) is 6.73. The molecule has 23 heavy (non-hydrogen) atoms. The smallest absolute Gasteiger partial charge is 0.269 e. The first kappa shape index (κ1) is 15.1. The van der Waals surface area contributed by atoms with Crippen molar-refractivity contribution in [3.05, 3.63) is 59.2 Å². The zero-order valence-corrected chi connectivity index (χ0v) is 12.9. The number of aromatic nitrogens is 2. The number of hydrogen-bond acceptors (Lipinski definition) is 5. The van der Waals surface area contributed by atoms with E-state index in [2.05, 4.69) is 14.9 Å². The van der Waals surface area contributed by atoms with Gasteiger partial charge in [0.1, 0.15) is 22.1 Å². The lowest BCUT2D eigenvalue weighted by atomic mass is 10.1.